The second-order valence-electron chi connectivity index (χ2n) is 4.41. The summed E-state index contributed by atoms with van der Waals surface area (Å²) in [5.74, 6) is -0.896. The number of benzene rings is 1. The zero-order chi connectivity index (χ0) is 15.2. The molecule has 1 atom stereocenters. The fraction of sp³-hybridized carbons (Fsp3) is 0.214. The van der Waals surface area contributed by atoms with Crippen LogP contribution in [0.2, 0.25) is 0 Å². The number of nitrogen functional groups attached to an aromatic ring is 1. The van der Waals surface area contributed by atoms with Crippen LogP contribution in [0, 0.1) is 0 Å². The normalized spacial score (nSPS) is 11.7. The van der Waals surface area contributed by atoms with Crippen LogP contribution in [0.5, 0.6) is 0 Å². The van der Waals surface area contributed by atoms with Crippen molar-refractivity contribution in [2.45, 2.75) is 12.6 Å². The van der Waals surface area contributed by atoms with E-state index in [0.717, 1.165) is 0 Å². The molecule has 7 heteroatoms. The third-order valence-corrected chi connectivity index (χ3v) is 2.83. The molecule has 1 unspecified atom stereocenters. The number of carbonyl (C=O) groups excluding carboxylic acids is 2. The summed E-state index contributed by atoms with van der Waals surface area (Å²) < 4.78 is 6.12. The summed E-state index contributed by atoms with van der Waals surface area (Å²) in [7, 11) is 1.28. The summed E-state index contributed by atoms with van der Waals surface area (Å²) in [6.07, 6.45) is 2.98. The highest BCUT2D eigenvalue weighted by molar-refractivity contribution is 5.85. The first-order valence-corrected chi connectivity index (χ1v) is 6.30. The first kappa shape index (κ1) is 14.6. The number of esters is 1. The van der Waals surface area contributed by atoms with Crippen molar-refractivity contribution in [1.82, 2.24) is 15.1 Å². The Morgan fingerprint density at radius 1 is 1.38 bits per heavy atom. The molecule has 0 saturated heterocycles. The molecule has 1 aromatic heterocycles. The van der Waals surface area contributed by atoms with Crippen LogP contribution in [-0.2, 0) is 20.9 Å². The van der Waals surface area contributed by atoms with Gasteiger partial charge in [-0.05, 0) is 5.56 Å². The average Bonchev–Trinajstić information content (AvgIpc) is 2.90. The lowest BCUT2D eigenvalue weighted by Gasteiger charge is -2.16. The molecule has 1 amide bonds. The summed E-state index contributed by atoms with van der Waals surface area (Å²) in [5.41, 5.74) is 6.65. The Morgan fingerprint density at radius 2 is 2.10 bits per heavy atom. The van der Waals surface area contributed by atoms with Crippen LogP contribution in [-0.4, -0.2) is 28.8 Å². The summed E-state index contributed by atoms with van der Waals surface area (Å²) in [6, 6.07) is 8.03. The molecule has 0 bridgehead atoms. The monoisotopic (exact) mass is 288 g/mol. The van der Waals surface area contributed by atoms with Gasteiger partial charge in [0.2, 0.25) is 5.91 Å². The number of aromatic nitrogens is 2. The third-order valence-electron chi connectivity index (χ3n) is 2.83. The van der Waals surface area contributed by atoms with Crippen molar-refractivity contribution in [2.24, 2.45) is 0 Å². The van der Waals surface area contributed by atoms with Gasteiger partial charge in [0.1, 0.15) is 6.54 Å². The Bertz CT molecular complexity index is 624. The quantitative estimate of drug-likeness (QED) is 0.780. The molecule has 21 heavy (non-hydrogen) atoms. The minimum atomic E-state index is -0.850. The number of carbonyl (C=O) groups is 2. The zero-order valence-corrected chi connectivity index (χ0v) is 11.5. The number of ether oxygens (including phenoxy) is 1. The predicted molar refractivity (Wildman–Crippen MR) is 76.0 cm³/mol. The van der Waals surface area contributed by atoms with Crippen LogP contribution in [0.4, 0.5) is 5.69 Å². The standard InChI is InChI=1S/C14H16N4O3/c1-21-14(20)13(10-5-3-2-4-6-10)17-12(19)9-18-8-11(15)7-16-18/h2-8,13H,9,15H2,1H3,(H,17,19). The molecule has 1 heterocycles. The van der Waals surface area contributed by atoms with E-state index in [1.165, 1.54) is 24.2 Å². The molecule has 3 N–H and O–H groups in total. The van der Waals surface area contributed by atoms with Crippen LogP contribution in [0.3, 0.4) is 0 Å². The molecular weight excluding hydrogens is 272 g/mol. The van der Waals surface area contributed by atoms with Crippen LogP contribution < -0.4 is 11.1 Å². The maximum atomic E-state index is 12.0. The first-order valence-electron chi connectivity index (χ1n) is 6.30. The van der Waals surface area contributed by atoms with Gasteiger partial charge in [-0.2, -0.15) is 5.10 Å². The Hall–Kier alpha value is -2.83. The number of nitrogens with zero attached hydrogens (tertiary/aromatic N) is 2. The number of amides is 1. The Balaban J connectivity index is 2.08. The van der Waals surface area contributed by atoms with Crippen LogP contribution in [0.1, 0.15) is 11.6 Å². The van der Waals surface area contributed by atoms with E-state index < -0.39 is 12.0 Å². The average molecular weight is 288 g/mol. The number of nitrogens with one attached hydrogen (secondary N) is 1. The van der Waals surface area contributed by atoms with Crippen molar-refractivity contribution in [1.29, 1.82) is 0 Å². The third kappa shape index (κ3) is 3.82. The van der Waals surface area contributed by atoms with Gasteiger partial charge < -0.3 is 15.8 Å². The molecule has 2 aromatic rings. The number of nitrogens with two attached hydrogens (primary N) is 1. The molecule has 0 saturated carbocycles. The molecule has 2 rings (SSSR count). The lowest BCUT2D eigenvalue weighted by atomic mass is 10.1. The second-order valence-corrected chi connectivity index (χ2v) is 4.41. The Morgan fingerprint density at radius 3 is 2.67 bits per heavy atom. The summed E-state index contributed by atoms with van der Waals surface area (Å²) in [5, 5.41) is 6.54. The fourth-order valence-corrected chi connectivity index (χ4v) is 1.86. The van der Waals surface area contributed by atoms with Gasteiger partial charge in [0, 0.05) is 6.20 Å². The van der Waals surface area contributed by atoms with Crippen molar-refractivity contribution in [3.05, 3.63) is 48.3 Å². The molecular formula is C14H16N4O3. The lowest BCUT2D eigenvalue weighted by molar-refractivity contribution is -0.145. The molecule has 0 radical (unpaired) electrons. The highest BCUT2D eigenvalue weighted by Gasteiger charge is 2.23. The molecule has 0 spiro atoms. The number of anilines is 1. The maximum Gasteiger partial charge on any atom is 0.333 e. The SMILES string of the molecule is COC(=O)C(NC(=O)Cn1cc(N)cn1)c1ccccc1. The van der Waals surface area contributed by atoms with Gasteiger partial charge in [-0.15, -0.1) is 0 Å². The topological polar surface area (TPSA) is 99.2 Å². The van der Waals surface area contributed by atoms with Gasteiger partial charge in [-0.25, -0.2) is 4.79 Å². The highest BCUT2D eigenvalue weighted by Crippen LogP contribution is 2.14. The van der Waals surface area contributed by atoms with E-state index in [2.05, 4.69) is 10.4 Å². The van der Waals surface area contributed by atoms with Crippen LogP contribution >= 0.6 is 0 Å². The van der Waals surface area contributed by atoms with Crippen molar-refractivity contribution in [2.75, 3.05) is 12.8 Å². The van der Waals surface area contributed by atoms with E-state index in [1.807, 2.05) is 6.07 Å². The van der Waals surface area contributed by atoms with E-state index in [0.29, 0.717) is 11.3 Å². The summed E-state index contributed by atoms with van der Waals surface area (Å²) >= 11 is 0. The van der Waals surface area contributed by atoms with E-state index in [1.54, 1.807) is 24.3 Å². The Kier molecular flexibility index (Phi) is 4.55. The molecule has 0 aliphatic carbocycles. The van der Waals surface area contributed by atoms with Crippen molar-refractivity contribution in [3.8, 4) is 0 Å². The van der Waals surface area contributed by atoms with E-state index >= 15 is 0 Å². The van der Waals surface area contributed by atoms with Gasteiger partial charge in [-0.1, -0.05) is 30.3 Å². The first-order chi connectivity index (χ1) is 10.1. The van der Waals surface area contributed by atoms with Crippen LogP contribution in [0.25, 0.3) is 0 Å². The smallest absolute Gasteiger partial charge is 0.333 e. The highest BCUT2D eigenvalue weighted by atomic mass is 16.5. The number of hydrogen-bond donors (Lipinski definition) is 2. The largest absolute Gasteiger partial charge is 0.467 e. The predicted octanol–water partition coefficient (Wildman–Crippen LogP) is 0.496. The molecule has 1 aromatic carbocycles. The number of rotatable bonds is 5. The van der Waals surface area contributed by atoms with Crippen molar-refractivity contribution >= 4 is 17.6 Å². The van der Waals surface area contributed by atoms with Gasteiger partial charge in [0.25, 0.3) is 0 Å². The number of hydrogen-bond acceptors (Lipinski definition) is 5. The number of methoxy groups -OCH3 is 1. The lowest BCUT2D eigenvalue weighted by Crippen LogP contribution is -2.36. The van der Waals surface area contributed by atoms with Crippen LogP contribution in [0.15, 0.2) is 42.7 Å². The zero-order valence-electron chi connectivity index (χ0n) is 11.5. The van der Waals surface area contributed by atoms with Gasteiger partial charge in [0.15, 0.2) is 6.04 Å². The Labute approximate surface area is 121 Å². The maximum absolute atomic E-state index is 12.0. The molecule has 7 nitrogen and oxygen atoms in total. The van der Waals surface area contributed by atoms with E-state index in [4.69, 9.17) is 10.5 Å². The molecule has 0 fully saturated rings. The minimum Gasteiger partial charge on any atom is -0.467 e. The van der Waals surface area contributed by atoms with E-state index in [-0.39, 0.29) is 12.5 Å². The van der Waals surface area contributed by atoms with Crippen molar-refractivity contribution < 1.29 is 14.3 Å². The molecule has 110 valence electrons. The summed E-state index contributed by atoms with van der Waals surface area (Å²) in [4.78, 5) is 23.8. The molecule has 0 aliphatic rings. The van der Waals surface area contributed by atoms with Gasteiger partial charge in [0.05, 0.1) is 19.0 Å². The fourth-order valence-electron chi connectivity index (χ4n) is 1.86. The van der Waals surface area contributed by atoms with Crippen molar-refractivity contribution in [3.63, 3.8) is 0 Å². The van der Waals surface area contributed by atoms with E-state index in [9.17, 15) is 9.59 Å². The second kappa shape index (κ2) is 6.56. The van der Waals surface area contributed by atoms with Gasteiger partial charge >= 0.3 is 5.97 Å². The molecule has 0 aliphatic heterocycles. The van der Waals surface area contributed by atoms with Gasteiger partial charge in [-0.3, -0.25) is 9.48 Å². The summed E-state index contributed by atoms with van der Waals surface area (Å²) in [6.45, 7) is -0.0302. The minimum absolute atomic E-state index is 0.0302.